The number of pyridine rings is 1. The molecule has 0 bridgehead atoms. The minimum absolute atomic E-state index is 0.0894. The zero-order valence-corrected chi connectivity index (χ0v) is 10.2. The summed E-state index contributed by atoms with van der Waals surface area (Å²) >= 11 is 11.2. The van der Waals surface area contributed by atoms with Gasteiger partial charge in [-0.3, -0.25) is 4.79 Å². The van der Waals surface area contributed by atoms with Crippen LogP contribution in [-0.4, -0.2) is 21.1 Å². The quantitative estimate of drug-likeness (QED) is 0.862. The normalized spacial score (nSPS) is 10.2. The van der Waals surface area contributed by atoms with E-state index in [1.807, 2.05) is 0 Å². The van der Waals surface area contributed by atoms with Crippen LogP contribution in [0.4, 0.5) is 10.2 Å². The van der Waals surface area contributed by atoms with Gasteiger partial charge in [-0.2, -0.15) is 0 Å². The summed E-state index contributed by atoms with van der Waals surface area (Å²) in [6.07, 6.45) is 0.918. The Labute approximate surface area is 111 Å². The fourth-order valence-electron chi connectivity index (χ4n) is 1.15. The summed E-state index contributed by atoms with van der Waals surface area (Å²) in [5.41, 5.74) is -0.0894. The second-order valence-corrected chi connectivity index (χ2v) is 3.93. The molecule has 2 heterocycles. The predicted octanol–water partition coefficient (Wildman–Crippen LogP) is 2.57. The van der Waals surface area contributed by atoms with E-state index >= 15 is 0 Å². The summed E-state index contributed by atoms with van der Waals surface area (Å²) in [5, 5.41) is 9.65. The van der Waals surface area contributed by atoms with Crippen molar-refractivity contribution in [3.05, 3.63) is 46.1 Å². The van der Waals surface area contributed by atoms with E-state index in [2.05, 4.69) is 20.5 Å². The molecule has 1 amide bonds. The van der Waals surface area contributed by atoms with Crippen LogP contribution < -0.4 is 5.32 Å². The van der Waals surface area contributed by atoms with Crippen LogP contribution in [0.3, 0.4) is 0 Å². The minimum atomic E-state index is -0.660. The summed E-state index contributed by atoms with van der Waals surface area (Å²) in [4.78, 5) is 15.3. The Hall–Kier alpha value is -1.79. The van der Waals surface area contributed by atoms with Crippen molar-refractivity contribution in [2.45, 2.75) is 0 Å². The van der Waals surface area contributed by atoms with E-state index in [1.54, 1.807) is 0 Å². The number of aromatic nitrogens is 3. The van der Waals surface area contributed by atoms with E-state index in [9.17, 15) is 9.18 Å². The monoisotopic (exact) mass is 286 g/mol. The second kappa shape index (κ2) is 5.24. The molecule has 0 unspecified atom stereocenters. The number of anilines is 1. The Bertz CT molecular complexity index is 591. The molecule has 5 nitrogen and oxygen atoms in total. The Morgan fingerprint density at radius 1 is 1.28 bits per heavy atom. The summed E-state index contributed by atoms with van der Waals surface area (Å²) in [5.74, 6) is -1.12. The first-order valence-corrected chi connectivity index (χ1v) is 5.43. The number of hydrogen-bond acceptors (Lipinski definition) is 4. The van der Waals surface area contributed by atoms with Gasteiger partial charge in [-0.1, -0.05) is 23.2 Å². The highest BCUT2D eigenvalue weighted by Crippen LogP contribution is 2.15. The van der Waals surface area contributed by atoms with Gasteiger partial charge < -0.3 is 5.32 Å². The number of rotatable bonds is 2. The molecule has 2 aromatic rings. The first-order chi connectivity index (χ1) is 8.56. The van der Waals surface area contributed by atoms with Gasteiger partial charge in [0.2, 0.25) is 0 Å². The zero-order valence-electron chi connectivity index (χ0n) is 8.69. The Morgan fingerprint density at radius 2 is 2.06 bits per heavy atom. The lowest BCUT2D eigenvalue weighted by Gasteiger charge is -2.04. The highest BCUT2D eigenvalue weighted by Gasteiger charge is 2.13. The number of halogens is 3. The Kier molecular flexibility index (Phi) is 3.69. The molecule has 0 radical (unpaired) electrons. The summed E-state index contributed by atoms with van der Waals surface area (Å²) in [6.45, 7) is 0. The molecule has 0 saturated carbocycles. The highest BCUT2D eigenvalue weighted by molar-refractivity contribution is 6.33. The third-order valence-electron chi connectivity index (χ3n) is 1.92. The van der Waals surface area contributed by atoms with E-state index in [0.717, 1.165) is 12.3 Å². The second-order valence-electron chi connectivity index (χ2n) is 3.19. The molecule has 0 aliphatic heterocycles. The van der Waals surface area contributed by atoms with Crippen LogP contribution in [-0.2, 0) is 0 Å². The van der Waals surface area contributed by atoms with Gasteiger partial charge in [-0.05, 0) is 18.2 Å². The molecule has 1 N–H and O–H groups in total. The number of hydrogen-bond donors (Lipinski definition) is 1. The molecule has 18 heavy (non-hydrogen) atoms. The van der Waals surface area contributed by atoms with Gasteiger partial charge in [0.05, 0.1) is 11.8 Å². The lowest BCUT2D eigenvalue weighted by molar-refractivity contribution is 0.102. The lowest BCUT2D eigenvalue weighted by Crippen LogP contribution is -2.14. The van der Waals surface area contributed by atoms with E-state index in [-0.39, 0.29) is 21.7 Å². The SMILES string of the molecule is O=C(Nc1ccc(Cl)nn1)c1cc(F)cnc1Cl. The number of nitrogens with zero attached hydrogens (tertiary/aromatic N) is 3. The van der Waals surface area contributed by atoms with Crippen LogP contribution in [0.2, 0.25) is 10.3 Å². The van der Waals surface area contributed by atoms with Gasteiger partial charge >= 0.3 is 0 Å². The maximum atomic E-state index is 13.0. The van der Waals surface area contributed by atoms with Crippen LogP contribution in [0.5, 0.6) is 0 Å². The highest BCUT2D eigenvalue weighted by atomic mass is 35.5. The van der Waals surface area contributed by atoms with Gasteiger partial charge in [-0.15, -0.1) is 10.2 Å². The van der Waals surface area contributed by atoms with Crippen molar-refractivity contribution in [3.8, 4) is 0 Å². The number of nitrogens with one attached hydrogen (secondary N) is 1. The molecule has 0 saturated heterocycles. The average Bonchev–Trinajstić information content (AvgIpc) is 2.35. The average molecular weight is 287 g/mol. The largest absolute Gasteiger partial charge is 0.305 e. The van der Waals surface area contributed by atoms with Gasteiger partial charge in [0.1, 0.15) is 11.0 Å². The predicted molar refractivity (Wildman–Crippen MR) is 64.2 cm³/mol. The van der Waals surface area contributed by atoms with Crippen LogP contribution in [0.25, 0.3) is 0 Å². The zero-order chi connectivity index (χ0) is 13.1. The summed E-state index contributed by atoms with van der Waals surface area (Å²) in [7, 11) is 0. The molecule has 0 atom stereocenters. The van der Waals surface area contributed by atoms with Crippen molar-refractivity contribution in [2.75, 3.05) is 5.32 Å². The molecular weight excluding hydrogens is 282 g/mol. The van der Waals surface area contributed by atoms with Gasteiger partial charge in [0.15, 0.2) is 11.0 Å². The maximum absolute atomic E-state index is 13.0. The Balaban J connectivity index is 2.21. The first-order valence-electron chi connectivity index (χ1n) is 4.68. The molecule has 0 aliphatic rings. The molecule has 0 aromatic carbocycles. The molecule has 0 aliphatic carbocycles. The van der Waals surface area contributed by atoms with Crippen molar-refractivity contribution in [1.82, 2.24) is 15.2 Å². The topological polar surface area (TPSA) is 67.8 Å². The van der Waals surface area contributed by atoms with Gasteiger partial charge in [0.25, 0.3) is 5.91 Å². The van der Waals surface area contributed by atoms with E-state index < -0.39 is 11.7 Å². The smallest absolute Gasteiger partial charge is 0.260 e. The fraction of sp³-hybridized carbons (Fsp3) is 0. The number of carbonyl (C=O) groups is 1. The van der Waals surface area contributed by atoms with Crippen LogP contribution >= 0.6 is 23.2 Å². The van der Waals surface area contributed by atoms with Crippen LogP contribution in [0.15, 0.2) is 24.4 Å². The Morgan fingerprint density at radius 3 is 2.72 bits per heavy atom. The maximum Gasteiger partial charge on any atom is 0.260 e. The van der Waals surface area contributed by atoms with Crippen molar-refractivity contribution in [1.29, 1.82) is 0 Å². The molecule has 92 valence electrons. The van der Waals surface area contributed by atoms with E-state index in [0.29, 0.717) is 0 Å². The molecule has 8 heteroatoms. The third-order valence-corrected chi connectivity index (χ3v) is 2.43. The lowest BCUT2D eigenvalue weighted by atomic mass is 10.2. The van der Waals surface area contributed by atoms with Gasteiger partial charge in [0, 0.05) is 0 Å². The van der Waals surface area contributed by atoms with Crippen molar-refractivity contribution in [2.24, 2.45) is 0 Å². The number of amides is 1. The third kappa shape index (κ3) is 2.91. The summed E-state index contributed by atoms with van der Waals surface area (Å²) in [6, 6.07) is 3.89. The summed E-state index contributed by atoms with van der Waals surface area (Å²) < 4.78 is 13.0. The first kappa shape index (κ1) is 12.7. The van der Waals surface area contributed by atoms with E-state index in [4.69, 9.17) is 23.2 Å². The minimum Gasteiger partial charge on any atom is -0.305 e. The van der Waals surface area contributed by atoms with E-state index in [1.165, 1.54) is 12.1 Å². The molecular formula is C10H5Cl2FN4O. The van der Waals surface area contributed by atoms with Crippen molar-refractivity contribution < 1.29 is 9.18 Å². The molecule has 0 spiro atoms. The fourth-order valence-corrected chi connectivity index (χ4v) is 1.44. The number of carbonyl (C=O) groups excluding carboxylic acids is 1. The van der Waals surface area contributed by atoms with Crippen LogP contribution in [0.1, 0.15) is 10.4 Å². The van der Waals surface area contributed by atoms with Crippen molar-refractivity contribution >= 4 is 34.9 Å². The van der Waals surface area contributed by atoms with Gasteiger partial charge in [-0.25, -0.2) is 9.37 Å². The molecule has 2 rings (SSSR count). The standard InChI is InChI=1S/C10H5Cl2FN4O/c11-7-1-2-8(17-16-7)15-10(18)6-3-5(13)4-14-9(6)12/h1-4H,(H,15,17,18). The molecule has 0 fully saturated rings. The molecule has 2 aromatic heterocycles. The van der Waals surface area contributed by atoms with Crippen LogP contribution in [0, 0.1) is 5.82 Å². The van der Waals surface area contributed by atoms with Crippen molar-refractivity contribution in [3.63, 3.8) is 0 Å².